The fraction of sp³-hybridized carbons (Fsp3) is 0.556. The van der Waals surface area contributed by atoms with E-state index in [4.69, 9.17) is 0 Å². The molecule has 1 saturated heterocycles. The van der Waals surface area contributed by atoms with Crippen LogP contribution in [0.5, 0.6) is 0 Å². The molecule has 1 heterocycles. The Bertz CT molecular complexity index is 593. The van der Waals surface area contributed by atoms with Gasteiger partial charge in [0, 0.05) is 38.8 Å². The van der Waals surface area contributed by atoms with E-state index in [2.05, 4.69) is 17.1 Å². The summed E-state index contributed by atoms with van der Waals surface area (Å²) in [6.07, 6.45) is 1.96. The van der Waals surface area contributed by atoms with Crippen molar-refractivity contribution in [2.75, 3.05) is 32.7 Å². The summed E-state index contributed by atoms with van der Waals surface area (Å²) in [5.74, 6) is -0.799. The lowest BCUT2D eigenvalue weighted by molar-refractivity contribution is -0.147. The molecule has 2 aliphatic rings. The van der Waals surface area contributed by atoms with Crippen LogP contribution in [0.2, 0.25) is 0 Å². The lowest BCUT2D eigenvalue weighted by Gasteiger charge is -2.35. The molecule has 1 N–H and O–H groups in total. The maximum absolute atomic E-state index is 13.0. The molecule has 2 amide bonds. The molecule has 6 heteroatoms. The number of amides is 2. The molecule has 1 saturated carbocycles. The second kappa shape index (κ2) is 7.30. The third-order valence-electron chi connectivity index (χ3n) is 4.74. The van der Waals surface area contributed by atoms with E-state index in [1.54, 1.807) is 4.90 Å². The first-order valence-electron chi connectivity index (χ1n) is 8.60. The quantitative estimate of drug-likeness (QED) is 0.847. The molecule has 0 unspecified atom stereocenters. The van der Waals surface area contributed by atoms with Gasteiger partial charge in [-0.1, -0.05) is 19.1 Å². The normalized spacial score (nSPS) is 19.8. The molecule has 1 aliphatic heterocycles. The van der Waals surface area contributed by atoms with Gasteiger partial charge in [0.2, 0.25) is 0 Å². The highest BCUT2D eigenvalue weighted by Crippen LogP contribution is 2.19. The fourth-order valence-corrected chi connectivity index (χ4v) is 3.04. The molecule has 3 rings (SSSR count). The molecule has 2 fully saturated rings. The van der Waals surface area contributed by atoms with E-state index >= 15 is 0 Å². The number of hydrogen-bond acceptors (Lipinski definition) is 3. The molecule has 0 spiro atoms. The Morgan fingerprint density at radius 1 is 1.17 bits per heavy atom. The molecule has 1 atom stereocenters. The first-order valence-corrected chi connectivity index (χ1v) is 8.60. The molecular formula is C18H24FN3O2. The topological polar surface area (TPSA) is 52.7 Å². The van der Waals surface area contributed by atoms with Crippen LogP contribution in [0.1, 0.15) is 31.2 Å². The molecule has 130 valence electrons. The van der Waals surface area contributed by atoms with Crippen LogP contribution in [0.25, 0.3) is 0 Å². The number of benzene rings is 1. The van der Waals surface area contributed by atoms with Crippen molar-refractivity contribution in [3.8, 4) is 0 Å². The summed E-state index contributed by atoms with van der Waals surface area (Å²) in [5.41, 5.74) is 1.11. The zero-order valence-electron chi connectivity index (χ0n) is 14.0. The van der Waals surface area contributed by atoms with Crippen molar-refractivity contribution in [3.05, 3.63) is 35.6 Å². The number of carbonyl (C=O) groups is 2. The first kappa shape index (κ1) is 16.9. The van der Waals surface area contributed by atoms with Gasteiger partial charge in [-0.3, -0.25) is 14.5 Å². The number of nitrogens with zero attached hydrogens (tertiary/aromatic N) is 2. The van der Waals surface area contributed by atoms with E-state index in [-0.39, 0.29) is 11.9 Å². The highest BCUT2D eigenvalue weighted by molar-refractivity contribution is 6.35. The van der Waals surface area contributed by atoms with Crippen LogP contribution in [0.15, 0.2) is 24.3 Å². The van der Waals surface area contributed by atoms with Gasteiger partial charge in [0.1, 0.15) is 5.82 Å². The van der Waals surface area contributed by atoms with Crippen LogP contribution >= 0.6 is 0 Å². The minimum atomic E-state index is -0.467. The average molecular weight is 333 g/mol. The lowest BCUT2D eigenvalue weighted by Crippen LogP contribution is -2.53. The highest BCUT2D eigenvalue weighted by atomic mass is 19.1. The van der Waals surface area contributed by atoms with Gasteiger partial charge in [-0.05, 0) is 36.5 Å². The predicted octanol–water partition coefficient (Wildman–Crippen LogP) is 1.35. The molecule has 1 aliphatic carbocycles. The second-order valence-electron chi connectivity index (χ2n) is 6.79. The molecule has 1 aromatic rings. The Labute approximate surface area is 141 Å². The largest absolute Gasteiger partial charge is 0.345 e. The molecular weight excluding hydrogens is 309 g/mol. The van der Waals surface area contributed by atoms with E-state index in [1.807, 2.05) is 12.1 Å². The number of halogens is 1. The van der Waals surface area contributed by atoms with E-state index < -0.39 is 11.8 Å². The van der Waals surface area contributed by atoms with Crippen molar-refractivity contribution in [1.29, 1.82) is 0 Å². The van der Waals surface area contributed by atoms with E-state index in [1.165, 1.54) is 12.1 Å². The summed E-state index contributed by atoms with van der Waals surface area (Å²) >= 11 is 0. The zero-order chi connectivity index (χ0) is 17.1. The smallest absolute Gasteiger partial charge is 0.311 e. The SMILES string of the molecule is C[C@H](CN1CCN(C(=O)C(=O)NC2CC2)CC1)c1ccc(F)cc1. The van der Waals surface area contributed by atoms with Crippen LogP contribution in [0.3, 0.4) is 0 Å². The summed E-state index contributed by atoms with van der Waals surface area (Å²) in [4.78, 5) is 27.8. The van der Waals surface area contributed by atoms with Crippen molar-refractivity contribution < 1.29 is 14.0 Å². The van der Waals surface area contributed by atoms with Gasteiger partial charge >= 0.3 is 11.8 Å². The minimum absolute atomic E-state index is 0.208. The lowest BCUT2D eigenvalue weighted by atomic mass is 10.0. The summed E-state index contributed by atoms with van der Waals surface area (Å²) in [5, 5.41) is 2.75. The third kappa shape index (κ3) is 4.32. The molecule has 0 bridgehead atoms. The van der Waals surface area contributed by atoms with Crippen molar-refractivity contribution >= 4 is 11.8 Å². The number of piperazine rings is 1. The summed E-state index contributed by atoms with van der Waals surface area (Å²) in [7, 11) is 0. The van der Waals surface area contributed by atoms with Gasteiger partial charge in [-0.15, -0.1) is 0 Å². The zero-order valence-corrected chi connectivity index (χ0v) is 14.0. The monoisotopic (exact) mass is 333 g/mol. The summed E-state index contributed by atoms with van der Waals surface area (Å²) in [6.45, 7) is 5.65. The van der Waals surface area contributed by atoms with Gasteiger partial charge in [0.05, 0.1) is 0 Å². The fourth-order valence-electron chi connectivity index (χ4n) is 3.04. The summed E-state index contributed by atoms with van der Waals surface area (Å²) < 4.78 is 13.0. The molecule has 1 aromatic carbocycles. The Kier molecular flexibility index (Phi) is 5.14. The van der Waals surface area contributed by atoms with E-state index in [0.29, 0.717) is 19.0 Å². The Morgan fingerprint density at radius 3 is 2.38 bits per heavy atom. The van der Waals surface area contributed by atoms with Gasteiger partial charge in [-0.25, -0.2) is 4.39 Å². The molecule has 5 nitrogen and oxygen atoms in total. The maximum atomic E-state index is 13.0. The summed E-state index contributed by atoms with van der Waals surface area (Å²) in [6, 6.07) is 6.82. The molecule has 0 radical (unpaired) electrons. The highest BCUT2D eigenvalue weighted by Gasteiger charge is 2.30. The Balaban J connectivity index is 1.45. The minimum Gasteiger partial charge on any atom is -0.345 e. The van der Waals surface area contributed by atoms with Crippen molar-refractivity contribution in [3.63, 3.8) is 0 Å². The van der Waals surface area contributed by atoms with Crippen molar-refractivity contribution in [1.82, 2.24) is 15.1 Å². The Morgan fingerprint density at radius 2 is 1.79 bits per heavy atom. The maximum Gasteiger partial charge on any atom is 0.311 e. The number of nitrogens with one attached hydrogen (secondary N) is 1. The second-order valence-corrected chi connectivity index (χ2v) is 6.79. The van der Waals surface area contributed by atoms with E-state index in [0.717, 1.165) is 38.0 Å². The third-order valence-corrected chi connectivity index (χ3v) is 4.74. The van der Waals surface area contributed by atoms with Crippen LogP contribution in [0.4, 0.5) is 4.39 Å². The molecule has 24 heavy (non-hydrogen) atoms. The average Bonchev–Trinajstić information content (AvgIpc) is 3.39. The van der Waals surface area contributed by atoms with Crippen molar-refractivity contribution in [2.24, 2.45) is 0 Å². The van der Waals surface area contributed by atoms with Crippen molar-refractivity contribution in [2.45, 2.75) is 31.7 Å². The van der Waals surface area contributed by atoms with Gasteiger partial charge in [0.25, 0.3) is 0 Å². The first-order chi connectivity index (χ1) is 11.5. The number of rotatable bonds is 4. The van der Waals surface area contributed by atoms with Gasteiger partial charge in [-0.2, -0.15) is 0 Å². The van der Waals surface area contributed by atoms with Crippen LogP contribution in [-0.2, 0) is 9.59 Å². The van der Waals surface area contributed by atoms with Crippen LogP contribution in [0, 0.1) is 5.82 Å². The number of hydrogen-bond donors (Lipinski definition) is 1. The van der Waals surface area contributed by atoms with Crippen LogP contribution in [-0.4, -0.2) is 60.4 Å². The number of carbonyl (C=O) groups excluding carboxylic acids is 2. The van der Waals surface area contributed by atoms with Gasteiger partial charge in [0.15, 0.2) is 0 Å². The van der Waals surface area contributed by atoms with E-state index in [9.17, 15) is 14.0 Å². The Hall–Kier alpha value is -1.95. The van der Waals surface area contributed by atoms with Gasteiger partial charge < -0.3 is 10.2 Å². The predicted molar refractivity (Wildman–Crippen MR) is 89.0 cm³/mol. The standard InChI is InChI=1S/C18H24FN3O2/c1-13(14-2-4-15(19)5-3-14)12-21-8-10-22(11-9-21)18(24)17(23)20-16-6-7-16/h2-5,13,16H,6-12H2,1H3,(H,20,23)/t13-/m1/s1. The molecule has 0 aromatic heterocycles. The van der Waals surface area contributed by atoms with Crippen LogP contribution < -0.4 is 5.32 Å².